The molecule has 138 valence electrons. The van der Waals surface area contributed by atoms with Crippen LogP contribution in [0.15, 0.2) is 24.4 Å². The first kappa shape index (κ1) is 16.7. The topological polar surface area (TPSA) is 105 Å². The highest BCUT2D eigenvalue weighted by molar-refractivity contribution is 6.07. The second-order valence-electron chi connectivity index (χ2n) is 6.94. The molecule has 1 aromatic carbocycles. The summed E-state index contributed by atoms with van der Waals surface area (Å²) >= 11 is 0. The average Bonchev–Trinajstić information content (AvgIpc) is 3.12. The number of nitrogens with zero attached hydrogens (tertiary/aromatic N) is 1. The molecule has 0 aliphatic carbocycles. The molecule has 4 N–H and O–H groups in total. The van der Waals surface area contributed by atoms with Crippen molar-refractivity contribution in [3.63, 3.8) is 0 Å². The number of rotatable bonds is 4. The zero-order chi connectivity index (χ0) is 18.3. The number of carbonyl (C=O) groups is 2. The summed E-state index contributed by atoms with van der Waals surface area (Å²) in [5.74, 6) is 0.429. The van der Waals surface area contributed by atoms with Crippen LogP contribution < -0.4 is 20.7 Å². The minimum Gasteiger partial charge on any atom is -0.497 e. The van der Waals surface area contributed by atoms with Crippen LogP contribution in [0.4, 0.5) is 4.79 Å². The van der Waals surface area contributed by atoms with Gasteiger partial charge in [-0.3, -0.25) is 10.1 Å². The van der Waals surface area contributed by atoms with Crippen LogP contribution >= 0.6 is 0 Å². The number of amides is 3. The second kappa shape index (κ2) is 6.21. The monoisotopic (exact) mass is 358 g/mol. The summed E-state index contributed by atoms with van der Waals surface area (Å²) in [4.78, 5) is 24.6. The Morgan fingerprint density at radius 1 is 1.31 bits per heavy atom. The molecule has 2 aliphatic heterocycles. The summed E-state index contributed by atoms with van der Waals surface area (Å²) in [5.41, 5.74) is -1.06. The van der Waals surface area contributed by atoms with E-state index >= 15 is 0 Å². The third-order valence-corrected chi connectivity index (χ3v) is 5.49. The van der Waals surface area contributed by atoms with Gasteiger partial charge in [-0.05, 0) is 50.0 Å². The van der Waals surface area contributed by atoms with Crippen molar-refractivity contribution in [2.45, 2.75) is 24.9 Å². The molecule has 3 heterocycles. The Morgan fingerprint density at radius 3 is 2.73 bits per heavy atom. The molecule has 1 aromatic heterocycles. The van der Waals surface area contributed by atoms with Crippen molar-refractivity contribution < 1.29 is 19.4 Å². The van der Waals surface area contributed by atoms with E-state index in [1.807, 2.05) is 6.07 Å². The molecule has 8 nitrogen and oxygen atoms in total. The Kier molecular flexibility index (Phi) is 3.99. The van der Waals surface area contributed by atoms with E-state index in [4.69, 9.17) is 4.74 Å². The number of imide groups is 1. The van der Waals surface area contributed by atoms with Gasteiger partial charge < -0.3 is 25.0 Å². The molecule has 26 heavy (non-hydrogen) atoms. The fourth-order valence-electron chi connectivity index (χ4n) is 4.10. The van der Waals surface area contributed by atoms with Crippen LogP contribution in [0.3, 0.4) is 0 Å². The molecule has 1 atom stereocenters. The number of methoxy groups -OCH3 is 1. The van der Waals surface area contributed by atoms with Gasteiger partial charge in [-0.15, -0.1) is 0 Å². The summed E-state index contributed by atoms with van der Waals surface area (Å²) < 4.78 is 6.87. The van der Waals surface area contributed by atoms with E-state index in [1.165, 1.54) is 0 Å². The van der Waals surface area contributed by atoms with Crippen molar-refractivity contribution in [2.75, 3.05) is 20.2 Å². The molecule has 2 saturated heterocycles. The third-order valence-electron chi connectivity index (χ3n) is 5.49. The predicted molar refractivity (Wildman–Crippen MR) is 95.2 cm³/mol. The highest BCUT2D eigenvalue weighted by Gasteiger charge is 2.52. The van der Waals surface area contributed by atoms with Crippen LogP contribution in [-0.2, 0) is 11.3 Å². The summed E-state index contributed by atoms with van der Waals surface area (Å²) in [6.07, 6.45) is 3.35. The van der Waals surface area contributed by atoms with E-state index in [-0.39, 0.29) is 24.2 Å². The number of nitrogens with one attached hydrogen (secondary N) is 3. The lowest BCUT2D eigenvalue weighted by molar-refractivity contribution is -0.127. The molecule has 0 saturated carbocycles. The molecule has 4 rings (SSSR count). The highest BCUT2D eigenvalue weighted by Crippen LogP contribution is 2.35. The number of fused-ring (bicyclic) bond motifs is 1. The van der Waals surface area contributed by atoms with Gasteiger partial charge in [0, 0.05) is 17.0 Å². The molecule has 8 heteroatoms. The summed E-state index contributed by atoms with van der Waals surface area (Å²) in [7, 11) is 1.59. The first-order valence-electron chi connectivity index (χ1n) is 8.73. The van der Waals surface area contributed by atoms with Gasteiger partial charge in [0.15, 0.2) is 5.88 Å². The largest absolute Gasteiger partial charge is 0.497 e. The van der Waals surface area contributed by atoms with E-state index in [2.05, 4.69) is 16.0 Å². The lowest BCUT2D eigenvalue weighted by atomic mass is 9.77. The van der Waals surface area contributed by atoms with Crippen molar-refractivity contribution in [2.24, 2.45) is 5.92 Å². The Labute approximate surface area is 150 Å². The van der Waals surface area contributed by atoms with E-state index in [0.717, 1.165) is 31.3 Å². The van der Waals surface area contributed by atoms with E-state index < -0.39 is 11.6 Å². The molecule has 0 bridgehead atoms. The highest BCUT2D eigenvalue weighted by atomic mass is 16.5. The lowest BCUT2D eigenvalue weighted by Crippen LogP contribution is -2.58. The number of piperidine rings is 1. The standard InChI is InChI=1S/C18H22N4O4/c1-26-13-2-3-14-11(8-13)9-22(15(14)23)10-18(12-4-6-19-7-5-12)16(24)20-17(25)21-18/h2-3,8-9,12,19,23H,4-7,10H2,1H3,(H2,20,21,24,25). The molecule has 2 fully saturated rings. The van der Waals surface area contributed by atoms with Crippen LogP contribution in [0.5, 0.6) is 11.6 Å². The number of aromatic hydroxyl groups is 1. The van der Waals surface area contributed by atoms with E-state index in [0.29, 0.717) is 11.1 Å². The molecule has 0 spiro atoms. The molecule has 3 amide bonds. The van der Waals surface area contributed by atoms with Gasteiger partial charge in [-0.1, -0.05) is 0 Å². The number of urea groups is 1. The SMILES string of the molecule is COc1ccc2c(O)n(CC3(C4CCNCC4)NC(=O)NC3=O)cc2c1. The summed E-state index contributed by atoms with van der Waals surface area (Å²) in [5, 5.41) is 20.6. The minimum atomic E-state index is -1.06. The average molecular weight is 358 g/mol. The van der Waals surface area contributed by atoms with Gasteiger partial charge in [-0.2, -0.15) is 0 Å². The molecule has 1 unspecified atom stereocenters. The normalized spacial score (nSPS) is 23.9. The lowest BCUT2D eigenvalue weighted by Gasteiger charge is -2.37. The zero-order valence-electron chi connectivity index (χ0n) is 14.5. The summed E-state index contributed by atoms with van der Waals surface area (Å²) in [6.45, 7) is 1.77. The predicted octanol–water partition coefficient (Wildman–Crippen LogP) is 0.933. The number of carbonyl (C=O) groups excluding carboxylic acids is 2. The maximum absolute atomic E-state index is 12.7. The summed E-state index contributed by atoms with van der Waals surface area (Å²) in [6, 6.07) is 4.91. The Hall–Kier alpha value is -2.74. The van der Waals surface area contributed by atoms with Crippen LogP contribution in [0, 0.1) is 5.92 Å². The van der Waals surface area contributed by atoms with E-state index in [9.17, 15) is 14.7 Å². The molecular weight excluding hydrogens is 336 g/mol. The van der Waals surface area contributed by atoms with Gasteiger partial charge in [0.05, 0.1) is 13.7 Å². The quantitative estimate of drug-likeness (QED) is 0.609. The van der Waals surface area contributed by atoms with E-state index in [1.54, 1.807) is 30.0 Å². The number of benzene rings is 1. The van der Waals surface area contributed by atoms with Gasteiger partial charge in [0.25, 0.3) is 5.91 Å². The Balaban J connectivity index is 1.74. The van der Waals surface area contributed by atoms with Crippen molar-refractivity contribution in [3.8, 4) is 11.6 Å². The number of hydrogen-bond donors (Lipinski definition) is 4. The van der Waals surface area contributed by atoms with Crippen LogP contribution in [0.25, 0.3) is 10.8 Å². The molecular formula is C18H22N4O4. The maximum Gasteiger partial charge on any atom is 0.322 e. The van der Waals surface area contributed by atoms with Gasteiger partial charge in [0.2, 0.25) is 0 Å². The Bertz CT molecular complexity index is 871. The zero-order valence-corrected chi connectivity index (χ0v) is 14.5. The fourth-order valence-corrected chi connectivity index (χ4v) is 4.10. The van der Waals surface area contributed by atoms with Crippen LogP contribution in [-0.4, -0.2) is 47.4 Å². The van der Waals surface area contributed by atoms with Crippen molar-refractivity contribution in [1.29, 1.82) is 0 Å². The van der Waals surface area contributed by atoms with Crippen molar-refractivity contribution in [1.82, 2.24) is 20.5 Å². The smallest absolute Gasteiger partial charge is 0.322 e. The van der Waals surface area contributed by atoms with Gasteiger partial charge >= 0.3 is 6.03 Å². The van der Waals surface area contributed by atoms with Gasteiger partial charge in [0.1, 0.15) is 11.3 Å². The number of hydrogen-bond acceptors (Lipinski definition) is 5. The van der Waals surface area contributed by atoms with Crippen LogP contribution in [0.1, 0.15) is 12.8 Å². The molecule has 2 aliphatic rings. The maximum atomic E-state index is 12.7. The fraction of sp³-hybridized carbons (Fsp3) is 0.444. The molecule has 2 aromatic rings. The van der Waals surface area contributed by atoms with Crippen molar-refractivity contribution in [3.05, 3.63) is 24.4 Å². The number of aromatic nitrogens is 1. The minimum absolute atomic E-state index is 0.00496. The first-order chi connectivity index (χ1) is 12.5. The first-order valence-corrected chi connectivity index (χ1v) is 8.73. The van der Waals surface area contributed by atoms with Gasteiger partial charge in [-0.25, -0.2) is 4.79 Å². The molecule has 0 radical (unpaired) electrons. The van der Waals surface area contributed by atoms with Crippen LogP contribution in [0.2, 0.25) is 0 Å². The third kappa shape index (κ3) is 2.57. The Morgan fingerprint density at radius 2 is 2.08 bits per heavy atom. The second-order valence-corrected chi connectivity index (χ2v) is 6.94. The van der Waals surface area contributed by atoms with Crippen molar-refractivity contribution >= 4 is 22.7 Å². The number of ether oxygens (including phenoxy) is 1.